The molecule has 0 aliphatic heterocycles. The summed E-state index contributed by atoms with van der Waals surface area (Å²) in [6, 6.07) is 5.46. The van der Waals surface area contributed by atoms with Crippen LogP contribution in [0.1, 0.15) is 21.1 Å². The number of methoxy groups -OCH3 is 1. The molecule has 0 aliphatic rings. The number of ether oxygens (including phenoxy) is 2. The van der Waals surface area contributed by atoms with Gasteiger partial charge in [-0.05, 0) is 19.9 Å². The van der Waals surface area contributed by atoms with Gasteiger partial charge in [0.15, 0.2) is 11.5 Å². The number of rotatable bonds is 5. The predicted molar refractivity (Wildman–Crippen MR) is 74.8 cm³/mol. The summed E-state index contributed by atoms with van der Waals surface area (Å²) in [5.74, 6) is 1.20. The standard InChI is InChI=1S/C14H17NO3S/c1-9-10(2)19-13(15-9)8-18-14-11(7-16)5-4-6-12(14)17-3/h4-6,16H,7-8H2,1-3H3. The SMILES string of the molecule is COc1cccc(CO)c1OCc1nc(C)c(C)s1. The number of aryl methyl sites for hydroxylation is 2. The van der Waals surface area contributed by atoms with Gasteiger partial charge in [0.05, 0.1) is 19.4 Å². The molecule has 0 radical (unpaired) electrons. The molecule has 0 fully saturated rings. The average Bonchev–Trinajstić information content (AvgIpc) is 2.75. The number of nitrogens with zero attached hydrogens (tertiary/aromatic N) is 1. The first kappa shape index (κ1) is 13.8. The molecule has 0 spiro atoms. The van der Waals surface area contributed by atoms with Gasteiger partial charge in [-0.25, -0.2) is 4.98 Å². The highest BCUT2D eigenvalue weighted by Gasteiger charge is 2.11. The number of aliphatic hydroxyl groups excluding tert-OH is 1. The zero-order chi connectivity index (χ0) is 13.8. The van der Waals surface area contributed by atoms with E-state index in [9.17, 15) is 5.11 Å². The lowest BCUT2D eigenvalue weighted by atomic mass is 10.2. The fourth-order valence-electron chi connectivity index (χ4n) is 1.75. The van der Waals surface area contributed by atoms with Crippen LogP contribution in [0.25, 0.3) is 0 Å². The van der Waals surface area contributed by atoms with Crippen LogP contribution >= 0.6 is 11.3 Å². The Morgan fingerprint density at radius 2 is 2.11 bits per heavy atom. The van der Waals surface area contributed by atoms with Crippen LogP contribution in [0.4, 0.5) is 0 Å². The number of hydrogen-bond donors (Lipinski definition) is 1. The molecule has 5 heteroatoms. The summed E-state index contributed by atoms with van der Waals surface area (Å²) in [4.78, 5) is 5.62. The number of aliphatic hydroxyl groups is 1. The van der Waals surface area contributed by atoms with E-state index >= 15 is 0 Å². The van der Waals surface area contributed by atoms with Gasteiger partial charge in [-0.15, -0.1) is 11.3 Å². The molecule has 0 bridgehead atoms. The van der Waals surface area contributed by atoms with Gasteiger partial charge in [0.2, 0.25) is 0 Å². The molecule has 1 aromatic carbocycles. The number of hydrogen-bond acceptors (Lipinski definition) is 5. The van der Waals surface area contributed by atoms with Crippen LogP contribution in [0.2, 0.25) is 0 Å². The molecule has 0 atom stereocenters. The Labute approximate surface area is 116 Å². The third-order valence-corrected chi connectivity index (χ3v) is 3.91. The minimum Gasteiger partial charge on any atom is -0.493 e. The predicted octanol–water partition coefficient (Wildman–Crippen LogP) is 2.84. The van der Waals surface area contributed by atoms with Crippen molar-refractivity contribution in [2.24, 2.45) is 0 Å². The van der Waals surface area contributed by atoms with Crippen molar-refractivity contribution in [3.05, 3.63) is 39.3 Å². The smallest absolute Gasteiger partial charge is 0.167 e. The number of aromatic nitrogens is 1. The van der Waals surface area contributed by atoms with Gasteiger partial charge in [0.1, 0.15) is 11.6 Å². The van der Waals surface area contributed by atoms with Crippen molar-refractivity contribution in [2.45, 2.75) is 27.1 Å². The summed E-state index contributed by atoms with van der Waals surface area (Å²) in [6.45, 7) is 4.32. The lowest BCUT2D eigenvalue weighted by molar-refractivity contribution is 0.249. The van der Waals surface area contributed by atoms with Crippen LogP contribution in [-0.4, -0.2) is 17.2 Å². The normalized spacial score (nSPS) is 10.5. The Kier molecular flexibility index (Phi) is 4.39. The van der Waals surface area contributed by atoms with E-state index in [0.29, 0.717) is 23.7 Å². The van der Waals surface area contributed by atoms with Gasteiger partial charge < -0.3 is 14.6 Å². The maximum Gasteiger partial charge on any atom is 0.167 e. The van der Waals surface area contributed by atoms with Gasteiger partial charge in [-0.3, -0.25) is 0 Å². The second-order valence-corrected chi connectivity index (χ2v) is 5.43. The first-order chi connectivity index (χ1) is 9.15. The fraction of sp³-hybridized carbons (Fsp3) is 0.357. The second-order valence-electron chi connectivity index (χ2n) is 4.14. The molecule has 19 heavy (non-hydrogen) atoms. The molecule has 1 N–H and O–H groups in total. The van der Waals surface area contributed by atoms with E-state index in [2.05, 4.69) is 4.98 Å². The van der Waals surface area contributed by atoms with Crippen molar-refractivity contribution < 1.29 is 14.6 Å². The number of para-hydroxylation sites is 1. The molecule has 0 saturated carbocycles. The lowest BCUT2D eigenvalue weighted by Crippen LogP contribution is -2.01. The third-order valence-electron chi connectivity index (χ3n) is 2.86. The zero-order valence-electron chi connectivity index (χ0n) is 11.3. The topological polar surface area (TPSA) is 51.6 Å². The minimum atomic E-state index is -0.0809. The second kappa shape index (κ2) is 6.04. The van der Waals surface area contributed by atoms with Gasteiger partial charge >= 0.3 is 0 Å². The highest BCUT2D eigenvalue weighted by Crippen LogP contribution is 2.32. The van der Waals surface area contributed by atoms with Gasteiger partial charge in [0.25, 0.3) is 0 Å². The zero-order valence-corrected chi connectivity index (χ0v) is 12.1. The Hall–Kier alpha value is -1.59. The van der Waals surface area contributed by atoms with E-state index in [1.54, 1.807) is 18.4 Å². The van der Waals surface area contributed by atoms with Crippen molar-refractivity contribution in [3.8, 4) is 11.5 Å². The first-order valence-corrected chi connectivity index (χ1v) is 6.79. The molecule has 4 nitrogen and oxygen atoms in total. The van der Waals surface area contributed by atoms with Crippen LogP contribution in [0.15, 0.2) is 18.2 Å². The van der Waals surface area contributed by atoms with Gasteiger partial charge in [0, 0.05) is 10.4 Å². The summed E-state index contributed by atoms with van der Waals surface area (Å²) >= 11 is 1.62. The average molecular weight is 279 g/mol. The summed E-state index contributed by atoms with van der Waals surface area (Å²) in [6.07, 6.45) is 0. The van der Waals surface area contributed by atoms with Gasteiger partial charge in [-0.2, -0.15) is 0 Å². The Morgan fingerprint density at radius 3 is 2.68 bits per heavy atom. The van der Waals surface area contributed by atoms with Crippen LogP contribution in [0.5, 0.6) is 11.5 Å². The van der Waals surface area contributed by atoms with E-state index in [4.69, 9.17) is 9.47 Å². The van der Waals surface area contributed by atoms with E-state index < -0.39 is 0 Å². The third kappa shape index (κ3) is 3.05. The Morgan fingerprint density at radius 1 is 1.32 bits per heavy atom. The van der Waals surface area contributed by atoms with Crippen molar-refractivity contribution in [2.75, 3.05) is 7.11 Å². The fourth-order valence-corrected chi connectivity index (χ4v) is 2.59. The quantitative estimate of drug-likeness (QED) is 0.914. The van der Waals surface area contributed by atoms with Crippen LogP contribution in [-0.2, 0) is 13.2 Å². The first-order valence-electron chi connectivity index (χ1n) is 5.98. The highest BCUT2D eigenvalue weighted by molar-refractivity contribution is 7.11. The Bertz CT molecular complexity index is 524. The summed E-state index contributed by atoms with van der Waals surface area (Å²) in [5.41, 5.74) is 1.75. The maximum absolute atomic E-state index is 9.34. The lowest BCUT2D eigenvalue weighted by Gasteiger charge is -2.12. The molecule has 0 unspecified atom stereocenters. The molecule has 1 aromatic heterocycles. The van der Waals surface area contributed by atoms with Gasteiger partial charge in [-0.1, -0.05) is 12.1 Å². The molecule has 102 valence electrons. The molecule has 2 aromatic rings. The molecule has 0 amide bonds. The molecular formula is C14H17NO3S. The molecule has 2 rings (SSSR count). The molecule has 1 heterocycles. The highest BCUT2D eigenvalue weighted by atomic mass is 32.1. The largest absolute Gasteiger partial charge is 0.493 e. The van der Waals surface area contributed by atoms with Crippen LogP contribution in [0.3, 0.4) is 0 Å². The van der Waals surface area contributed by atoms with E-state index in [1.165, 1.54) is 4.88 Å². The monoisotopic (exact) mass is 279 g/mol. The summed E-state index contributed by atoms with van der Waals surface area (Å²) in [5, 5.41) is 10.3. The van der Waals surface area contributed by atoms with Crippen LogP contribution < -0.4 is 9.47 Å². The van der Waals surface area contributed by atoms with E-state index in [0.717, 1.165) is 10.7 Å². The van der Waals surface area contributed by atoms with Crippen molar-refractivity contribution >= 4 is 11.3 Å². The van der Waals surface area contributed by atoms with E-state index in [1.807, 2.05) is 32.0 Å². The number of benzene rings is 1. The molecule has 0 aliphatic carbocycles. The molecular weight excluding hydrogens is 262 g/mol. The molecule has 0 saturated heterocycles. The van der Waals surface area contributed by atoms with Crippen molar-refractivity contribution in [3.63, 3.8) is 0 Å². The van der Waals surface area contributed by atoms with Crippen molar-refractivity contribution in [1.29, 1.82) is 0 Å². The Balaban J connectivity index is 2.18. The van der Waals surface area contributed by atoms with Crippen molar-refractivity contribution in [1.82, 2.24) is 4.98 Å². The minimum absolute atomic E-state index is 0.0809. The van der Waals surface area contributed by atoms with E-state index in [-0.39, 0.29) is 6.61 Å². The maximum atomic E-state index is 9.34. The van der Waals surface area contributed by atoms with Crippen LogP contribution in [0, 0.1) is 13.8 Å². The summed E-state index contributed by atoms with van der Waals surface area (Å²) < 4.78 is 11.0. The number of thiazole rings is 1. The summed E-state index contributed by atoms with van der Waals surface area (Å²) in [7, 11) is 1.58.